The molecule has 0 radical (unpaired) electrons. The molecule has 0 bridgehead atoms. The van der Waals surface area contributed by atoms with Crippen LogP contribution in [0.1, 0.15) is 17.5 Å². The number of halogens is 1. The van der Waals surface area contributed by atoms with Crippen LogP contribution in [-0.2, 0) is 11.3 Å². The van der Waals surface area contributed by atoms with E-state index < -0.39 is 0 Å². The maximum Gasteiger partial charge on any atom is 0.188 e. The molecule has 1 fully saturated rings. The first-order valence-corrected chi connectivity index (χ1v) is 8.53. The molecule has 1 aromatic rings. The van der Waals surface area contributed by atoms with Crippen molar-refractivity contribution in [2.75, 3.05) is 39.4 Å². The standard InChI is InChI=1S/C16H25BrN4O/c1-13-11-15(17)4-3-14(13)12-20-16(18)19-5-2-6-21-7-9-22-10-8-21/h3-4,11H,2,5-10,12H2,1H3,(H3,18,19,20). The molecule has 0 amide bonds. The third-order valence-corrected chi connectivity index (χ3v) is 4.28. The molecule has 1 heterocycles. The predicted octanol–water partition coefficient (Wildman–Crippen LogP) is 1.88. The minimum atomic E-state index is 0.518. The molecule has 1 aliphatic heterocycles. The van der Waals surface area contributed by atoms with Gasteiger partial charge in [-0.05, 0) is 43.1 Å². The highest BCUT2D eigenvalue weighted by molar-refractivity contribution is 9.10. The van der Waals surface area contributed by atoms with Crippen LogP contribution in [-0.4, -0.2) is 50.3 Å². The molecular formula is C16H25BrN4O. The molecule has 0 unspecified atom stereocenters. The maximum atomic E-state index is 5.92. The van der Waals surface area contributed by atoms with E-state index in [4.69, 9.17) is 10.5 Å². The largest absolute Gasteiger partial charge is 0.379 e. The first kappa shape index (κ1) is 17.2. The van der Waals surface area contributed by atoms with Crippen molar-refractivity contribution in [1.29, 1.82) is 0 Å². The molecule has 0 spiro atoms. The van der Waals surface area contributed by atoms with Crippen LogP contribution in [0.25, 0.3) is 0 Å². The van der Waals surface area contributed by atoms with Gasteiger partial charge in [0.25, 0.3) is 0 Å². The molecule has 22 heavy (non-hydrogen) atoms. The number of nitrogens with one attached hydrogen (secondary N) is 1. The molecule has 1 saturated heterocycles. The van der Waals surface area contributed by atoms with Gasteiger partial charge in [0.15, 0.2) is 5.96 Å². The Hall–Kier alpha value is -1.11. The summed E-state index contributed by atoms with van der Waals surface area (Å²) in [6.45, 7) is 8.40. The van der Waals surface area contributed by atoms with Gasteiger partial charge in [0.2, 0.25) is 0 Å². The topological polar surface area (TPSA) is 62.9 Å². The molecule has 6 heteroatoms. The number of ether oxygens (including phenoxy) is 1. The number of nitrogens with zero attached hydrogens (tertiary/aromatic N) is 2. The number of hydrogen-bond acceptors (Lipinski definition) is 3. The van der Waals surface area contributed by atoms with Crippen LogP contribution in [0.2, 0.25) is 0 Å². The van der Waals surface area contributed by atoms with Crippen molar-refractivity contribution in [1.82, 2.24) is 10.2 Å². The number of nitrogens with two attached hydrogens (primary N) is 1. The van der Waals surface area contributed by atoms with E-state index in [-0.39, 0.29) is 0 Å². The molecule has 0 atom stereocenters. The van der Waals surface area contributed by atoms with Crippen LogP contribution in [0.3, 0.4) is 0 Å². The Balaban J connectivity index is 1.66. The van der Waals surface area contributed by atoms with Crippen molar-refractivity contribution in [2.24, 2.45) is 10.7 Å². The summed E-state index contributed by atoms with van der Waals surface area (Å²) in [6.07, 6.45) is 1.06. The predicted molar refractivity (Wildman–Crippen MR) is 94.1 cm³/mol. The Bertz CT molecular complexity index is 501. The lowest BCUT2D eigenvalue weighted by Gasteiger charge is -2.26. The monoisotopic (exact) mass is 368 g/mol. The molecule has 0 aromatic heterocycles. The van der Waals surface area contributed by atoms with Gasteiger partial charge in [-0.15, -0.1) is 0 Å². The minimum Gasteiger partial charge on any atom is -0.379 e. The third-order valence-electron chi connectivity index (χ3n) is 3.79. The van der Waals surface area contributed by atoms with E-state index in [0.29, 0.717) is 12.5 Å². The van der Waals surface area contributed by atoms with Gasteiger partial charge in [-0.1, -0.05) is 22.0 Å². The minimum absolute atomic E-state index is 0.518. The van der Waals surface area contributed by atoms with E-state index >= 15 is 0 Å². The second-order valence-electron chi connectivity index (χ2n) is 5.51. The summed E-state index contributed by atoms with van der Waals surface area (Å²) in [7, 11) is 0. The second kappa shape index (κ2) is 9.12. The van der Waals surface area contributed by atoms with Crippen molar-refractivity contribution < 1.29 is 4.74 Å². The lowest BCUT2D eigenvalue weighted by molar-refractivity contribution is 0.0376. The summed E-state index contributed by atoms with van der Waals surface area (Å²) < 4.78 is 6.43. The SMILES string of the molecule is Cc1cc(Br)ccc1CN=C(N)NCCCN1CCOCC1. The van der Waals surface area contributed by atoms with Gasteiger partial charge in [-0.2, -0.15) is 0 Å². The normalized spacial score (nSPS) is 16.7. The van der Waals surface area contributed by atoms with Gasteiger partial charge >= 0.3 is 0 Å². The average Bonchev–Trinajstić information content (AvgIpc) is 2.52. The Kier molecular flexibility index (Phi) is 7.15. The van der Waals surface area contributed by atoms with Crippen molar-refractivity contribution in [3.63, 3.8) is 0 Å². The molecule has 3 N–H and O–H groups in total. The van der Waals surface area contributed by atoms with Crippen LogP contribution in [0.15, 0.2) is 27.7 Å². The summed E-state index contributed by atoms with van der Waals surface area (Å²) in [5.41, 5.74) is 8.33. The van der Waals surface area contributed by atoms with Crippen LogP contribution < -0.4 is 11.1 Å². The third kappa shape index (κ3) is 5.94. The van der Waals surface area contributed by atoms with E-state index in [1.807, 2.05) is 6.07 Å². The number of aliphatic imine (C=N–C) groups is 1. The number of rotatable bonds is 6. The lowest BCUT2D eigenvalue weighted by Crippen LogP contribution is -2.39. The second-order valence-corrected chi connectivity index (χ2v) is 6.42. The van der Waals surface area contributed by atoms with E-state index in [1.54, 1.807) is 0 Å². The van der Waals surface area contributed by atoms with E-state index in [1.165, 1.54) is 11.1 Å². The fraction of sp³-hybridized carbons (Fsp3) is 0.562. The highest BCUT2D eigenvalue weighted by Gasteiger charge is 2.08. The van der Waals surface area contributed by atoms with Crippen molar-refractivity contribution >= 4 is 21.9 Å². The number of benzene rings is 1. The Morgan fingerprint density at radius 3 is 2.91 bits per heavy atom. The zero-order valence-electron chi connectivity index (χ0n) is 13.1. The molecule has 0 saturated carbocycles. The van der Waals surface area contributed by atoms with Crippen molar-refractivity contribution in [2.45, 2.75) is 19.9 Å². The fourth-order valence-corrected chi connectivity index (χ4v) is 2.88. The zero-order valence-corrected chi connectivity index (χ0v) is 14.7. The summed E-state index contributed by atoms with van der Waals surface area (Å²) in [5, 5.41) is 3.18. The Morgan fingerprint density at radius 1 is 1.41 bits per heavy atom. The Morgan fingerprint density at radius 2 is 2.18 bits per heavy atom. The lowest BCUT2D eigenvalue weighted by atomic mass is 10.1. The van der Waals surface area contributed by atoms with E-state index in [0.717, 1.165) is 50.3 Å². The highest BCUT2D eigenvalue weighted by Crippen LogP contribution is 2.16. The molecule has 2 rings (SSSR count). The molecule has 1 aromatic carbocycles. The first-order chi connectivity index (χ1) is 10.6. The van der Waals surface area contributed by atoms with Gasteiger partial charge < -0.3 is 15.8 Å². The summed E-state index contributed by atoms with van der Waals surface area (Å²) >= 11 is 3.47. The van der Waals surface area contributed by atoms with Crippen molar-refractivity contribution in [3.05, 3.63) is 33.8 Å². The number of morpholine rings is 1. The summed E-state index contributed by atoms with van der Waals surface area (Å²) in [4.78, 5) is 6.82. The Labute approximate surface area is 141 Å². The van der Waals surface area contributed by atoms with Crippen LogP contribution in [0, 0.1) is 6.92 Å². The highest BCUT2D eigenvalue weighted by atomic mass is 79.9. The molecule has 122 valence electrons. The van der Waals surface area contributed by atoms with Gasteiger partial charge in [-0.25, -0.2) is 4.99 Å². The summed E-state index contributed by atoms with van der Waals surface area (Å²) in [5.74, 6) is 0.518. The van der Waals surface area contributed by atoms with E-state index in [2.05, 4.69) is 50.2 Å². The number of hydrogen-bond donors (Lipinski definition) is 2. The number of aryl methyl sites for hydroxylation is 1. The molecule has 0 aliphatic carbocycles. The molecule has 5 nitrogen and oxygen atoms in total. The van der Waals surface area contributed by atoms with Crippen molar-refractivity contribution in [3.8, 4) is 0 Å². The van der Waals surface area contributed by atoms with Gasteiger partial charge in [0.05, 0.1) is 19.8 Å². The molecular weight excluding hydrogens is 344 g/mol. The quantitative estimate of drug-likeness (QED) is 0.457. The summed E-state index contributed by atoms with van der Waals surface area (Å²) in [6, 6.07) is 6.20. The van der Waals surface area contributed by atoms with E-state index in [9.17, 15) is 0 Å². The van der Waals surface area contributed by atoms with Crippen LogP contribution in [0.5, 0.6) is 0 Å². The maximum absolute atomic E-state index is 5.92. The number of guanidine groups is 1. The zero-order chi connectivity index (χ0) is 15.8. The fourth-order valence-electron chi connectivity index (χ4n) is 2.41. The van der Waals surface area contributed by atoms with Gasteiger partial charge in [0, 0.05) is 24.1 Å². The molecule has 1 aliphatic rings. The smallest absolute Gasteiger partial charge is 0.188 e. The average molecular weight is 369 g/mol. The van der Waals surface area contributed by atoms with Gasteiger partial charge in [-0.3, -0.25) is 4.90 Å². The van der Waals surface area contributed by atoms with Crippen LogP contribution >= 0.6 is 15.9 Å². The van der Waals surface area contributed by atoms with Gasteiger partial charge in [0.1, 0.15) is 0 Å². The van der Waals surface area contributed by atoms with Crippen LogP contribution in [0.4, 0.5) is 0 Å². The first-order valence-electron chi connectivity index (χ1n) is 7.74.